The lowest BCUT2D eigenvalue weighted by Gasteiger charge is -2.61. The van der Waals surface area contributed by atoms with Crippen molar-refractivity contribution in [2.45, 2.75) is 130 Å². The molecule has 3 fully saturated rings. The van der Waals surface area contributed by atoms with Gasteiger partial charge in [-0.2, -0.15) is 0 Å². The van der Waals surface area contributed by atoms with Crippen LogP contribution in [0.2, 0.25) is 58.9 Å². The second-order valence-electron chi connectivity index (χ2n) is 16.3. The van der Waals surface area contributed by atoms with Gasteiger partial charge in [0.25, 0.3) is 0 Å². The SMILES string of the molecule is C[C@]12CC(=CO[Si](C)(C)C)C(O[Si](C)(C)C)=C[C@@H]1CC[C@@H]1[C@@H]2CC[C@@]2(C)[C@H]1CC[C@]2(C)O[Si](C)(C)C. The fourth-order valence-corrected chi connectivity index (χ4v) is 11.7. The predicted octanol–water partition coefficient (Wildman–Crippen LogP) is 9.33. The summed E-state index contributed by atoms with van der Waals surface area (Å²) in [4.78, 5) is 0. The maximum atomic E-state index is 7.01. The molecular formula is C30H56O3Si3. The van der Waals surface area contributed by atoms with Crippen molar-refractivity contribution in [3.63, 3.8) is 0 Å². The Labute approximate surface area is 226 Å². The standard InChI is InChI=1S/C30H56O3Si3/c1-28-20-22(21-31-34(4,5)6)27(32-35(7,8)9)19-23(28)13-14-24-25(28)15-17-29(2)26(24)16-18-30(29,3)33-36(10,11)12/h19,21,23-26H,13-18,20H2,1-12H3/t23-,24+,25-,26-,28-,29-,30-/m0/s1. The van der Waals surface area contributed by atoms with Crippen molar-refractivity contribution >= 4 is 25.0 Å². The Morgan fingerprint density at radius 1 is 0.778 bits per heavy atom. The summed E-state index contributed by atoms with van der Waals surface area (Å²) in [6, 6.07) is 0. The van der Waals surface area contributed by atoms with Crippen molar-refractivity contribution in [3.8, 4) is 0 Å². The second-order valence-corrected chi connectivity index (χ2v) is 29.6. The zero-order chi connectivity index (χ0) is 26.9. The van der Waals surface area contributed by atoms with E-state index in [0.29, 0.717) is 16.7 Å². The van der Waals surface area contributed by atoms with E-state index < -0.39 is 25.0 Å². The molecule has 206 valence electrons. The first-order valence-electron chi connectivity index (χ1n) is 14.7. The highest BCUT2D eigenvalue weighted by Gasteiger charge is 2.64. The van der Waals surface area contributed by atoms with E-state index in [0.717, 1.165) is 29.9 Å². The van der Waals surface area contributed by atoms with Crippen LogP contribution in [0.1, 0.15) is 65.7 Å². The third-order valence-electron chi connectivity index (χ3n) is 10.2. The first-order valence-corrected chi connectivity index (χ1v) is 25.0. The minimum atomic E-state index is -1.70. The summed E-state index contributed by atoms with van der Waals surface area (Å²) in [5.74, 6) is 4.16. The van der Waals surface area contributed by atoms with Gasteiger partial charge in [-0.1, -0.05) is 13.8 Å². The summed E-state index contributed by atoms with van der Waals surface area (Å²) in [6.07, 6.45) is 13.7. The van der Waals surface area contributed by atoms with Gasteiger partial charge in [-0.15, -0.1) is 0 Å². The lowest BCUT2D eigenvalue weighted by Crippen LogP contribution is -2.57. The molecule has 36 heavy (non-hydrogen) atoms. The molecule has 0 aromatic heterocycles. The van der Waals surface area contributed by atoms with Crippen molar-refractivity contribution in [1.29, 1.82) is 0 Å². The number of rotatable bonds is 6. The van der Waals surface area contributed by atoms with E-state index in [2.05, 4.69) is 92.0 Å². The molecule has 3 saturated carbocycles. The minimum absolute atomic E-state index is 0.0475. The van der Waals surface area contributed by atoms with Gasteiger partial charge in [0.1, 0.15) is 5.76 Å². The van der Waals surface area contributed by atoms with E-state index in [9.17, 15) is 0 Å². The van der Waals surface area contributed by atoms with Crippen LogP contribution in [-0.4, -0.2) is 30.6 Å². The molecule has 0 aromatic carbocycles. The number of hydrogen-bond donors (Lipinski definition) is 0. The maximum Gasteiger partial charge on any atom is 0.242 e. The Balaban J connectivity index is 1.65. The molecule has 0 N–H and O–H groups in total. The molecule has 4 aliphatic carbocycles. The Morgan fingerprint density at radius 3 is 2.00 bits per heavy atom. The third-order valence-corrected chi connectivity index (χ3v) is 12.9. The zero-order valence-electron chi connectivity index (χ0n) is 25.6. The van der Waals surface area contributed by atoms with Gasteiger partial charge < -0.3 is 13.3 Å². The van der Waals surface area contributed by atoms with Gasteiger partial charge in [0.05, 0.1) is 11.9 Å². The van der Waals surface area contributed by atoms with E-state index in [1.165, 1.54) is 44.1 Å². The normalized spacial score (nSPS) is 42.3. The van der Waals surface area contributed by atoms with Crippen LogP contribution in [0.5, 0.6) is 0 Å². The Morgan fingerprint density at radius 2 is 1.42 bits per heavy atom. The van der Waals surface area contributed by atoms with Crippen LogP contribution in [0.4, 0.5) is 0 Å². The quantitative estimate of drug-likeness (QED) is 0.244. The highest BCUT2D eigenvalue weighted by Crippen LogP contribution is 2.69. The van der Waals surface area contributed by atoms with Gasteiger partial charge in [-0.25, -0.2) is 0 Å². The molecule has 7 atom stereocenters. The lowest BCUT2D eigenvalue weighted by molar-refractivity contribution is -0.127. The van der Waals surface area contributed by atoms with Crippen molar-refractivity contribution in [3.05, 3.63) is 23.7 Å². The summed E-state index contributed by atoms with van der Waals surface area (Å²) in [7, 11) is -4.96. The molecule has 0 aromatic rings. The van der Waals surface area contributed by atoms with Crippen LogP contribution < -0.4 is 0 Å². The molecule has 6 heteroatoms. The minimum Gasteiger partial charge on any atom is -0.549 e. The van der Waals surface area contributed by atoms with Crippen molar-refractivity contribution in [2.75, 3.05) is 0 Å². The van der Waals surface area contributed by atoms with Crippen LogP contribution >= 0.6 is 0 Å². The van der Waals surface area contributed by atoms with Gasteiger partial charge in [-0.3, -0.25) is 0 Å². The molecule has 0 unspecified atom stereocenters. The molecule has 0 radical (unpaired) electrons. The molecular weight excluding hydrogens is 493 g/mol. The summed E-state index contributed by atoms with van der Waals surface area (Å²) < 4.78 is 20.1. The summed E-state index contributed by atoms with van der Waals surface area (Å²) in [5.41, 5.74) is 1.98. The van der Waals surface area contributed by atoms with Crippen LogP contribution in [0.25, 0.3) is 0 Å². The van der Waals surface area contributed by atoms with Gasteiger partial charge in [0, 0.05) is 5.57 Å². The molecule has 4 aliphatic rings. The second kappa shape index (κ2) is 9.12. The van der Waals surface area contributed by atoms with E-state index in [1.54, 1.807) is 0 Å². The van der Waals surface area contributed by atoms with Crippen LogP contribution in [0, 0.1) is 34.5 Å². The van der Waals surface area contributed by atoms with E-state index in [-0.39, 0.29) is 5.60 Å². The van der Waals surface area contributed by atoms with Crippen molar-refractivity contribution in [1.82, 2.24) is 0 Å². The average molecular weight is 549 g/mol. The molecule has 0 aliphatic heterocycles. The summed E-state index contributed by atoms with van der Waals surface area (Å²) in [5, 5.41) is 0. The van der Waals surface area contributed by atoms with Crippen LogP contribution in [0.3, 0.4) is 0 Å². The first-order chi connectivity index (χ1) is 16.3. The van der Waals surface area contributed by atoms with Gasteiger partial charge in [0.2, 0.25) is 16.6 Å². The topological polar surface area (TPSA) is 27.7 Å². The molecule has 0 amide bonds. The van der Waals surface area contributed by atoms with Gasteiger partial charge >= 0.3 is 0 Å². The van der Waals surface area contributed by atoms with E-state index >= 15 is 0 Å². The number of hydrogen-bond acceptors (Lipinski definition) is 3. The van der Waals surface area contributed by atoms with E-state index in [4.69, 9.17) is 13.3 Å². The van der Waals surface area contributed by atoms with Gasteiger partial charge in [0.15, 0.2) is 8.32 Å². The Hall–Kier alpha value is -0.309. The Kier molecular flexibility index (Phi) is 7.27. The predicted molar refractivity (Wildman–Crippen MR) is 160 cm³/mol. The smallest absolute Gasteiger partial charge is 0.242 e. The number of fused-ring (bicyclic) bond motifs is 5. The molecule has 4 rings (SSSR count). The van der Waals surface area contributed by atoms with Gasteiger partial charge in [-0.05, 0) is 151 Å². The van der Waals surface area contributed by atoms with Crippen molar-refractivity contribution in [2.24, 2.45) is 34.5 Å². The largest absolute Gasteiger partial charge is 0.549 e. The zero-order valence-corrected chi connectivity index (χ0v) is 28.6. The fraction of sp³-hybridized carbons (Fsp3) is 0.867. The Bertz CT molecular complexity index is 908. The molecule has 0 bridgehead atoms. The third kappa shape index (κ3) is 5.40. The van der Waals surface area contributed by atoms with Crippen LogP contribution in [-0.2, 0) is 13.3 Å². The maximum absolute atomic E-state index is 7.01. The summed E-state index contributed by atoms with van der Waals surface area (Å²) >= 11 is 0. The number of allylic oxidation sites excluding steroid dienone is 2. The first kappa shape index (κ1) is 28.7. The molecule has 3 nitrogen and oxygen atoms in total. The highest BCUT2D eigenvalue weighted by molar-refractivity contribution is 6.70. The van der Waals surface area contributed by atoms with E-state index in [1.807, 2.05) is 0 Å². The highest BCUT2D eigenvalue weighted by atomic mass is 28.4. The fourth-order valence-electron chi connectivity index (χ4n) is 8.65. The summed E-state index contributed by atoms with van der Waals surface area (Å²) in [6.45, 7) is 28.5. The van der Waals surface area contributed by atoms with Crippen LogP contribution in [0.15, 0.2) is 23.7 Å². The lowest BCUT2D eigenvalue weighted by atomic mass is 9.45. The average Bonchev–Trinajstić information content (AvgIpc) is 2.94. The molecule has 0 saturated heterocycles. The molecule has 0 heterocycles. The molecule has 0 spiro atoms. The monoisotopic (exact) mass is 548 g/mol. The van der Waals surface area contributed by atoms with Crippen molar-refractivity contribution < 1.29 is 13.3 Å².